The van der Waals surface area contributed by atoms with E-state index in [2.05, 4.69) is 33.9 Å². The molecule has 1 fully saturated rings. The summed E-state index contributed by atoms with van der Waals surface area (Å²) in [4.78, 5) is 26.3. The molecule has 0 aromatic carbocycles. The van der Waals surface area contributed by atoms with E-state index in [9.17, 15) is 18.0 Å². The highest BCUT2D eigenvalue weighted by molar-refractivity contribution is 7.90. The van der Waals surface area contributed by atoms with Crippen molar-refractivity contribution in [3.8, 4) is 0 Å². The molecule has 2 aliphatic rings. The average Bonchev–Trinajstić information content (AvgIpc) is 3.20. The quantitative estimate of drug-likeness (QED) is 0.359. The van der Waals surface area contributed by atoms with Crippen LogP contribution in [0.15, 0.2) is 26.9 Å². The molecule has 3 rings (SSSR count). The monoisotopic (exact) mass is 617 g/mol. The van der Waals surface area contributed by atoms with Gasteiger partial charge in [-0.25, -0.2) is 8.98 Å². The molecule has 4 atom stereocenters. The molecule has 1 spiro atoms. The van der Waals surface area contributed by atoms with Gasteiger partial charge in [0.1, 0.15) is 12.2 Å². The number of nitrogens with zero attached hydrogens (tertiary/aromatic N) is 2. The van der Waals surface area contributed by atoms with E-state index >= 15 is 0 Å². The maximum Gasteiger partial charge on any atom is 0.333 e. The topological polar surface area (TPSA) is 141 Å². The second kappa shape index (κ2) is 10.3. The van der Waals surface area contributed by atoms with Crippen LogP contribution in [-0.2, 0) is 34.4 Å². The molecule has 2 unspecified atom stereocenters. The Bertz CT molecular complexity index is 1400. The Hall–Kier alpha value is -1.56. The van der Waals surface area contributed by atoms with Crippen molar-refractivity contribution in [2.45, 2.75) is 122 Å². The summed E-state index contributed by atoms with van der Waals surface area (Å²) in [6, 6.07) is 0. The van der Waals surface area contributed by atoms with Crippen molar-refractivity contribution >= 4 is 26.8 Å². The Balaban J connectivity index is 2.29. The van der Waals surface area contributed by atoms with Crippen LogP contribution in [0.4, 0.5) is 0 Å². The fourth-order valence-corrected chi connectivity index (χ4v) is 7.94. The lowest BCUT2D eigenvalue weighted by atomic mass is 9.89. The standard InChI is InChI=1S/C26H47N3O8SSi2/c1-13-28-21(30)17(2)14-29(23(28)31)22-20(36-40(11,12)25(6,7)8)26(18(27)16-38(32,33)37-26)19(35-22)15-34-39(9,10)24(3,4)5/h14,16,19-20,22H,13,15,27H2,1-12H3/t19?,20-,22+,26?/m0/s1. The average molecular weight is 618 g/mol. The van der Waals surface area contributed by atoms with E-state index in [-0.39, 0.29) is 28.9 Å². The lowest BCUT2D eigenvalue weighted by molar-refractivity contribution is -0.0567. The van der Waals surface area contributed by atoms with Gasteiger partial charge < -0.3 is 19.3 Å². The lowest BCUT2D eigenvalue weighted by Crippen LogP contribution is -2.59. The van der Waals surface area contributed by atoms with Gasteiger partial charge in [0, 0.05) is 18.3 Å². The molecule has 2 N–H and O–H groups in total. The Morgan fingerprint density at radius 1 is 1.05 bits per heavy atom. The van der Waals surface area contributed by atoms with E-state index in [4.69, 9.17) is 23.5 Å². The fourth-order valence-electron chi connectivity index (χ4n) is 4.43. The van der Waals surface area contributed by atoms with E-state index in [1.54, 1.807) is 13.8 Å². The molecular weight excluding hydrogens is 571 g/mol. The zero-order valence-corrected chi connectivity index (χ0v) is 28.8. The molecule has 228 valence electrons. The summed E-state index contributed by atoms with van der Waals surface area (Å²) in [7, 11) is -9.17. The summed E-state index contributed by atoms with van der Waals surface area (Å²) in [6.45, 7) is 24.0. The third-order valence-electron chi connectivity index (χ3n) is 9.03. The summed E-state index contributed by atoms with van der Waals surface area (Å²) in [5.74, 6) is 0. The minimum Gasteiger partial charge on any atom is -0.414 e. The van der Waals surface area contributed by atoms with Crippen LogP contribution in [-0.4, -0.2) is 58.6 Å². The third-order valence-corrected chi connectivity index (χ3v) is 19.0. The molecule has 0 aliphatic carbocycles. The summed E-state index contributed by atoms with van der Waals surface area (Å²) in [5, 5.41) is 0.471. The van der Waals surface area contributed by atoms with E-state index in [0.29, 0.717) is 5.56 Å². The second-order valence-electron chi connectivity index (χ2n) is 13.9. The molecular formula is C26H47N3O8SSi2. The molecule has 0 saturated carbocycles. The maximum atomic E-state index is 13.6. The highest BCUT2D eigenvalue weighted by Gasteiger charge is 2.67. The predicted molar refractivity (Wildman–Crippen MR) is 160 cm³/mol. The van der Waals surface area contributed by atoms with Gasteiger partial charge in [0.2, 0.25) is 0 Å². The third kappa shape index (κ3) is 5.60. The largest absolute Gasteiger partial charge is 0.414 e. The molecule has 1 aromatic rings. The Morgan fingerprint density at radius 2 is 1.60 bits per heavy atom. The molecule has 0 amide bonds. The fraction of sp³-hybridized carbons (Fsp3) is 0.769. The van der Waals surface area contributed by atoms with Gasteiger partial charge in [-0.3, -0.25) is 13.9 Å². The first kappa shape index (κ1) is 33.0. The van der Waals surface area contributed by atoms with Crippen LogP contribution in [0.3, 0.4) is 0 Å². The van der Waals surface area contributed by atoms with Gasteiger partial charge in [-0.2, -0.15) is 8.42 Å². The first-order valence-electron chi connectivity index (χ1n) is 13.6. The van der Waals surface area contributed by atoms with E-state index < -0.39 is 62.0 Å². The van der Waals surface area contributed by atoms with Gasteiger partial charge in [-0.1, -0.05) is 41.5 Å². The highest BCUT2D eigenvalue weighted by atomic mass is 32.2. The van der Waals surface area contributed by atoms with Gasteiger partial charge >= 0.3 is 5.69 Å². The van der Waals surface area contributed by atoms with E-state index in [0.717, 1.165) is 9.98 Å². The Kier molecular flexibility index (Phi) is 8.50. The van der Waals surface area contributed by atoms with Crippen molar-refractivity contribution in [2.75, 3.05) is 6.61 Å². The van der Waals surface area contributed by atoms with Gasteiger partial charge in [0.05, 0.1) is 17.7 Å². The molecule has 1 aromatic heterocycles. The first-order chi connectivity index (χ1) is 17.9. The molecule has 11 nitrogen and oxygen atoms in total. The maximum absolute atomic E-state index is 13.6. The summed E-state index contributed by atoms with van der Waals surface area (Å²) >= 11 is 0. The zero-order valence-electron chi connectivity index (χ0n) is 25.9. The number of aryl methyl sites for hydroxylation is 1. The Labute approximate surface area is 240 Å². The number of aromatic nitrogens is 2. The van der Waals surface area contributed by atoms with Gasteiger partial charge in [0.15, 0.2) is 28.5 Å². The van der Waals surface area contributed by atoms with Crippen molar-refractivity contribution < 1.29 is 26.2 Å². The number of hydrogen-bond donors (Lipinski definition) is 1. The SMILES string of the molecule is CCn1c(=O)c(C)cn([C@@H]2OC(CO[Si](C)(C)C(C)(C)C)C3(OS(=O)(=O)C=C3N)[C@H]2O[Si](C)(C)C(C)(C)C)c1=O. The first-order valence-corrected chi connectivity index (χ1v) is 20.9. The smallest absolute Gasteiger partial charge is 0.333 e. The summed E-state index contributed by atoms with van der Waals surface area (Å²) in [5.41, 5.74) is 3.97. The normalized spacial score (nSPS) is 27.4. The molecule has 14 heteroatoms. The summed E-state index contributed by atoms with van der Waals surface area (Å²) < 4.78 is 53.9. The second-order valence-corrected chi connectivity index (χ2v) is 24.8. The van der Waals surface area contributed by atoms with Crippen LogP contribution in [0.5, 0.6) is 0 Å². The van der Waals surface area contributed by atoms with Crippen LogP contribution in [0.1, 0.15) is 60.3 Å². The molecule has 0 bridgehead atoms. The minimum atomic E-state index is -4.19. The Morgan fingerprint density at radius 3 is 2.05 bits per heavy atom. The molecule has 40 heavy (non-hydrogen) atoms. The number of ether oxygens (including phenoxy) is 1. The van der Waals surface area contributed by atoms with Crippen LogP contribution in [0, 0.1) is 6.92 Å². The van der Waals surface area contributed by atoms with Crippen molar-refractivity contribution in [3.05, 3.63) is 43.7 Å². The van der Waals surface area contributed by atoms with Crippen molar-refractivity contribution in [1.29, 1.82) is 0 Å². The van der Waals surface area contributed by atoms with E-state index in [1.807, 2.05) is 33.9 Å². The summed E-state index contributed by atoms with van der Waals surface area (Å²) in [6.07, 6.45) is -1.87. The van der Waals surface area contributed by atoms with Crippen molar-refractivity contribution in [1.82, 2.24) is 9.13 Å². The number of nitrogens with two attached hydrogens (primary N) is 1. The van der Waals surface area contributed by atoms with Crippen LogP contribution >= 0.6 is 0 Å². The number of rotatable bonds is 7. The molecule has 1 saturated heterocycles. The molecule has 2 aliphatic heterocycles. The predicted octanol–water partition coefficient (Wildman–Crippen LogP) is 3.55. The van der Waals surface area contributed by atoms with Gasteiger partial charge in [0.25, 0.3) is 15.7 Å². The molecule has 3 heterocycles. The molecule has 0 radical (unpaired) electrons. The highest BCUT2D eigenvalue weighted by Crippen LogP contribution is 2.52. The van der Waals surface area contributed by atoms with Crippen LogP contribution in [0.25, 0.3) is 0 Å². The number of hydrogen-bond acceptors (Lipinski definition) is 9. The van der Waals surface area contributed by atoms with Crippen LogP contribution < -0.4 is 17.0 Å². The minimum absolute atomic E-state index is 0.0322. The van der Waals surface area contributed by atoms with Crippen molar-refractivity contribution in [3.63, 3.8) is 0 Å². The van der Waals surface area contributed by atoms with Gasteiger partial charge in [-0.05, 0) is 50.1 Å². The zero-order chi connectivity index (χ0) is 30.9. The van der Waals surface area contributed by atoms with E-state index in [1.165, 1.54) is 10.8 Å². The van der Waals surface area contributed by atoms with Crippen LogP contribution in [0.2, 0.25) is 36.3 Å². The lowest BCUT2D eigenvalue weighted by Gasteiger charge is -2.43. The van der Waals surface area contributed by atoms with Gasteiger partial charge in [-0.15, -0.1) is 0 Å². The van der Waals surface area contributed by atoms with Crippen molar-refractivity contribution in [2.24, 2.45) is 5.73 Å².